The second kappa shape index (κ2) is 7.25. The number of aromatic nitrogens is 3. The van der Waals surface area contributed by atoms with Crippen molar-refractivity contribution in [2.24, 2.45) is 0 Å². The molecule has 4 rings (SSSR count). The lowest BCUT2D eigenvalue weighted by Gasteiger charge is -2.36. The third-order valence-electron chi connectivity index (χ3n) is 4.61. The Kier molecular flexibility index (Phi) is 4.65. The molecule has 0 bridgehead atoms. The number of hydrogen-bond acceptors (Lipinski definition) is 7. The van der Waals surface area contributed by atoms with E-state index in [1.807, 2.05) is 12.1 Å². The molecular formula is C19H17ClN6O. The number of anilines is 2. The summed E-state index contributed by atoms with van der Waals surface area (Å²) in [6.45, 7) is 3.11. The van der Waals surface area contributed by atoms with Gasteiger partial charge in [-0.15, -0.1) is 0 Å². The molecule has 3 aromatic rings. The molecule has 0 saturated carbocycles. The molecule has 0 unspecified atom stereocenters. The lowest BCUT2D eigenvalue weighted by atomic mass is 10.1. The molecule has 2 aromatic heterocycles. The Morgan fingerprint density at radius 3 is 2.48 bits per heavy atom. The zero-order valence-electron chi connectivity index (χ0n) is 14.8. The van der Waals surface area contributed by atoms with Crippen LogP contribution in [0.5, 0.6) is 5.88 Å². The van der Waals surface area contributed by atoms with Gasteiger partial charge in [-0.05, 0) is 24.3 Å². The van der Waals surface area contributed by atoms with Crippen LogP contribution in [-0.2, 0) is 0 Å². The number of pyridine rings is 1. The van der Waals surface area contributed by atoms with E-state index in [1.54, 1.807) is 31.6 Å². The van der Waals surface area contributed by atoms with Crippen molar-refractivity contribution in [2.75, 3.05) is 43.1 Å². The van der Waals surface area contributed by atoms with Gasteiger partial charge >= 0.3 is 0 Å². The van der Waals surface area contributed by atoms with Crippen LogP contribution in [-0.4, -0.2) is 48.2 Å². The number of piperazine rings is 1. The summed E-state index contributed by atoms with van der Waals surface area (Å²) in [5.74, 6) is 2.11. The van der Waals surface area contributed by atoms with Crippen molar-refractivity contribution in [1.82, 2.24) is 15.0 Å². The maximum Gasteiger partial charge on any atom is 0.233 e. The molecular weight excluding hydrogens is 364 g/mol. The smallest absolute Gasteiger partial charge is 0.233 e. The maximum atomic E-state index is 9.51. The van der Waals surface area contributed by atoms with Crippen molar-refractivity contribution in [3.05, 3.63) is 47.2 Å². The SMILES string of the molecule is COc1cncc(N2CCN(c3cc(C#N)c4cc(Cl)ccc4n3)CC2)n1. The van der Waals surface area contributed by atoms with E-state index in [-0.39, 0.29) is 0 Å². The van der Waals surface area contributed by atoms with Gasteiger partial charge in [-0.25, -0.2) is 4.98 Å². The summed E-state index contributed by atoms with van der Waals surface area (Å²) >= 11 is 6.06. The molecule has 0 aliphatic carbocycles. The number of halogens is 1. The molecule has 0 amide bonds. The molecule has 0 atom stereocenters. The van der Waals surface area contributed by atoms with Gasteiger partial charge in [-0.1, -0.05) is 11.6 Å². The van der Waals surface area contributed by atoms with Gasteiger partial charge < -0.3 is 14.5 Å². The van der Waals surface area contributed by atoms with Crippen molar-refractivity contribution < 1.29 is 4.74 Å². The van der Waals surface area contributed by atoms with Crippen LogP contribution in [0.4, 0.5) is 11.6 Å². The van der Waals surface area contributed by atoms with E-state index >= 15 is 0 Å². The summed E-state index contributed by atoms with van der Waals surface area (Å²) in [7, 11) is 1.58. The van der Waals surface area contributed by atoms with Crippen LogP contribution < -0.4 is 14.5 Å². The summed E-state index contributed by atoms with van der Waals surface area (Å²) in [6.07, 6.45) is 3.33. The van der Waals surface area contributed by atoms with E-state index in [0.717, 1.165) is 48.7 Å². The van der Waals surface area contributed by atoms with Gasteiger partial charge in [0.25, 0.3) is 0 Å². The Hall–Kier alpha value is -3.11. The second-order valence-electron chi connectivity index (χ2n) is 6.20. The van der Waals surface area contributed by atoms with Crippen LogP contribution in [0.2, 0.25) is 5.02 Å². The number of hydrogen-bond donors (Lipinski definition) is 0. The van der Waals surface area contributed by atoms with Gasteiger partial charge in [0, 0.05) is 36.6 Å². The minimum absolute atomic E-state index is 0.503. The van der Waals surface area contributed by atoms with E-state index < -0.39 is 0 Å². The van der Waals surface area contributed by atoms with Crippen LogP contribution >= 0.6 is 11.6 Å². The largest absolute Gasteiger partial charge is 0.480 e. The Labute approximate surface area is 161 Å². The lowest BCUT2D eigenvalue weighted by Crippen LogP contribution is -2.47. The molecule has 0 radical (unpaired) electrons. The first-order valence-electron chi connectivity index (χ1n) is 8.54. The second-order valence-corrected chi connectivity index (χ2v) is 6.63. The Bertz CT molecular complexity index is 1030. The van der Waals surface area contributed by atoms with Crippen LogP contribution in [0, 0.1) is 11.3 Å². The summed E-state index contributed by atoms with van der Waals surface area (Å²) < 4.78 is 5.15. The molecule has 136 valence electrons. The Morgan fingerprint density at radius 1 is 1.04 bits per heavy atom. The fourth-order valence-electron chi connectivity index (χ4n) is 3.19. The molecule has 1 aliphatic heterocycles. The van der Waals surface area contributed by atoms with Gasteiger partial charge in [0.05, 0.1) is 36.7 Å². The third-order valence-corrected chi connectivity index (χ3v) is 4.85. The normalized spacial score (nSPS) is 14.3. The highest BCUT2D eigenvalue weighted by Gasteiger charge is 2.21. The molecule has 0 N–H and O–H groups in total. The van der Waals surface area contributed by atoms with Crippen LogP contribution in [0.1, 0.15) is 5.56 Å². The molecule has 8 heteroatoms. The number of nitrogens with zero attached hydrogens (tertiary/aromatic N) is 6. The molecule has 7 nitrogen and oxygen atoms in total. The minimum Gasteiger partial charge on any atom is -0.480 e. The number of fused-ring (bicyclic) bond motifs is 1. The highest BCUT2D eigenvalue weighted by Crippen LogP contribution is 2.26. The van der Waals surface area contributed by atoms with Crippen LogP contribution in [0.25, 0.3) is 10.9 Å². The monoisotopic (exact) mass is 380 g/mol. The maximum absolute atomic E-state index is 9.51. The van der Waals surface area contributed by atoms with E-state index in [1.165, 1.54) is 0 Å². The number of benzene rings is 1. The average molecular weight is 381 g/mol. The molecule has 1 saturated heterocycles. The van der Waals surface area contributed by atoms with Gasteiger partial charge in [0.15, 0.2) is 5.82 Å². The summed E-state index contributed by atoms with van der Waals surface area (Å²) in [6, 6.07) is 9.52. The first-order valence-corrected chi connectivity index (χ1v) is 8.92. The summed E-state index contributed by atoms with van der Waals surface area (Å²) in [5.41, 5.74) is 1.35. The van der Waals surface area contributed by atoms with Crippen molar-refractivity contribution in [3.8, 4) is 11.9 Å². The highest BCUT2D eigenvalue weighted by atomic mass is 35.5. The molecule has 1 aliphatic rings. The number of methoxy groups -OCH3 is 1. The molecule has 3 heterocycles. The summed E-state index contributed by atoms with van der Waals surface area (Å²) in [5, 5.41) is 10.9. The Morgan fingerprint density at radius 2 is 1.78 bits per heavy atom. The van der Waals surface area contributed by atoms with E-state index in [9.17, 15) is 5.26 Å². The van der Waals surface area contributed by atoms with Crippen molar-refractivity contribution in [2.45, 2.75) is 0 Å². The zero-order chi connectivity index (χ0) is 18.8. The average Bonchev–Trinajstić information content (AvgIpc) is 2.73. The third kappa shape index (κ3) is 3.44. The standard InChI is InChI=1S/C19H17ClN6O/c1-27-19-12-22-11-18(24-19)26-6-4-25(5-7-26)17-8-13(10-21)15-9-14(20)2-3-16(15)23-17/h2-3,8-9,11-12H,4-7H2,1H3. The van der Waals surface area contributed by atoms with E-state index in [0.29, 0.717) is 16.5 Å². The fraction of sp³-hybridized carbons (Fsp3) is 0.263. The first kappa shape index (κ1) is 17.3. The van der Waals surface area contributed by atoms with Gasteiger partial charge in [0.2, 0.25) is 5.88 Å². The van der Waals surface area contributed by atoms with E-state index in [2.05, 4.69) is 25.8 Å². The zero-order valence-corrected chi connectivity index (χ0v) is 15.5. The Balaban J connectivity index is 1.56. The summed E-state index contributed by atoms with van der Waals surface area (Å²) in [4.78, 5) is 17.7. The number of ether oxygens (including phenoxy) is 1. The fourth-order valence-corrected chi connectivity index (χ4v) is 3.36. The van der Waals surface area contributed by atoms with Gasteiger partial charge in [-0.2, -0.15) is 10.2 Å². The van der Waals surface area contributed by atoms with Crippen molar-refractivity contribution in [1.29, 1.82) is 5.26 Å². The number of rotatable bonds is 3. The quantitative estimate of drug-likeness (QED) is 0.691. The van der Waals surface area contributed by atoms with Crippen LogP contribution in [0.15, 0.2) is 36.7 Å². The number of nitriles is 1. The van der Waals surface area contributed by atoms with Gasteiger partial charge in [-0.3, -0.25) is 4.98 Å². The van der Waals surface area contributed by atoms with Crippen molar-refractivity contribution in [3.63, 3.8) is 0 Å². The van der Waals surface area contributed by atoms with E-state index in [4.69, 9.17) is 21.3 Å². The van der Waals surface area contributed by atoms with Gasteiger partial charge in [0.1, 0.15) is 5.82 Å². The van der Waals surface area contributed by atoms with Crippen LogP contribution in [0.3, 0.4) is 0 Å². The first-order chi connectivity index (χ1) is 13.2. The molecule has 1 fully saturated rings. The molecule has 1 aromatic carbocycles. The molecule has 0 spiro atoms. The topological polar surface area (TPSA) is 78.2 Å². The molecule has 27 heavy (non-hydrogen) atoms. The predicted octanol–water partition coefficient (Wildman–Crippen LogP) is 2.89. The minimum atomic E-state index is 0.503. The highest BCUT2D eigenvalue weighted by molar-refractivity contribution is 6.31. The van der Waals surface area contributed by atoms with Crippen molar-refractivity contribution >= 4 is 34.1 Å². The lowest BCUT2D eigenvalue weighted by molar-refractivity contribution is 0.395. The predicted molar refractivity (Wildman–Crippen MR) is 104 cm³/mol.